The van der Waals surface area contributed by atoms with E-state index in [4.69, 9.17) is 23.2 Å². The lowest BCUT2D eigenvalue weighted by atomic mass is 10.0. The normalized spacial score (nSPS) is 11.7. The van der Waals surface area contributed by atoms with Crippen LogP contribution in [0.25, 0.3) is 17.2 Å². The van der Waals surface area contributed by atoms with E-state index in [2.05, 4.69) is 0 Å². The molecule has 1 N–H and O–H groups in total. The first-order valence-electron chi connectivity index (χ1n) is 8.41. The van der Waals surface area contributed by atoms with Gasteiger partial charge in [0, 0.05) is 12.1 Å². The van der Waals surface area contributed by atoms with Gasteiger partial charge >= 0.3 is 6.09 Å². The van der Waals surface area contributed by atoms with E-state index in [-0.39, 0.29) is 0 Å². The first-order chi connectivity index (χ1) is 12.2. The van der Waals surface area contributed by atoms with Gasteiger partial charge in [-0.25, -0.2) is 4.79 Å². The van der Waals surface area contributed by atoms with Crippen molar-refractivity contribution < 1.29 is 9.90 Å². The third-order valence-corrected chi connectivity index (χ3v) is 4.77. The van der Waals surface area contributed by atoms with Gasteiger partial charge in [-0.05, 0) is 56.0 Å². The fraction of sp³-hybridized carbons (Fsp3) is 0.286. The predicted molar refractivity (Wildman–Crippen MR) is 110 cm³/mol. The summed E-state index contributed by atoms with van der Waals surface area (Å²) < 4.78 is 0. The molecule has 0 radical (unpaired) electrons. The van der Waals surface area contributed by atoms with Gasteiger partial charge < -0.3 is 10.0 Å². The van der Waals surface area contributed by atoms with E-state index in [1.165, 1.54) is 4.90 Å². The van der Waals surface area contributed by atoms with E-state index in [1.54, 1.807) is 6.07 Å². The summed E-state index contributed by atoms with van der Waals surface area (Å²) >= 11 is 12.0. The van der Waals surface area contributed by atoms with Gasteiger partial charge in [0.15, 0.2) is 0 Å². The van der Waals surface area contributed by atoms with Crippen LogP contribution in [0.4, 0.5) is 4.79 Å². The van der Waals surface area contributed by atoms with Gasteiger partial charge in [-0.1, -0.05) is 65.7 Å². The molecule has 0 aromatic heterocycles. The number of amides is 1. The SMILES string of the molecule is CC(C)(C)N(CCC=Cc1ccc(-c2ccc(Cl)c(Cl)c2)cc1)C(=O)O. The van der Waals surface area contributed by atoms with Crippen LogP contribution in [0.15, 0.2) is 48.5 Å². The van der Waals surface area contributed by atoms with Crippen molar-refractivity contribution in [2.45, 2.75) is 32.7 Å². The lowest BCUT2D eigenvalue weighted by Gasteiger charge is -2.32. The van der Waals surface area contributed by atoms with E-state index >= 15 is 0 Å². The lowest BCUT2D eigenvalue weighted by Crippen LogP contribution is -2.45. The summed E-state index contributed by atoms with van der Waals surface area (Å²) in [4.78, 5) is 12.8. The van der Waals surface area contributed by atoms with Crippen LogP contribution in [-0.4, -0.2) is 28.2 Å². The quantitative estimate of drug-likeness (QED) is 0.605. The van der Waals surface area contributed by atoms with Crippen LogP contribution in [0.1, 0.15) is 32.8 Å². The van der Waals surface area contributed by atoms with Crippen molar-refractivity contribution in [2.24, 2.45) is 0 Å². The molecule has 0 fully saturated rings. The largest absolute Gasteiger partial charge is 0.465 e. The van der Waals surface area contributed by atoms with Crippen LogP contribution < -0.4 is 0 Å². The Morgan fingerprint density at radius 1 is 1.04 bits per heavy atom. The molecule has 0 unspecified atom stereocenters. The molecule has 0 aliphatic rings. The average molecular weight is 392 g/mol. The molecule has 0 heterocycles. The third-order valence-electron chi connectivity index (χ3n) is 4.03. The zero-order valence-electron chi connectivity index (χ0n) is 15.2. The second kappa shape index (κ2) is 8.61. The molecule has 1 amide bonds. The minimum Gasteiger partial charge on any atom is -0.465 e. The van der Waals surface area contributed by atoms with Crippen molar-refractivity contribution in [1.82, 2.24) is 4.90 Å². The summed E-state index contributed by atoms with van der Waals surface area (Å²) in [5, 5.41) is 10.4. The maximum Gasteiger partial charge on any atom is 0.407 e. The number of carbonyl (C=O) groups is 1. The summed E-state index contributed by atoms with van der Waals surface area (Å²) in [5.41, 5.74) is 2.73. The van der Waals surface area contributed by atoms with Gasteiger partial charge in [0.2, 0.25) is 0 Å². The van der Waals surface area contributed by atoms with Crippen molar-refractivity contribution in [3.05, 3.63) is 64.1 Å². The van der Waals surface area contributed by atoms with Crippen LogP contribution in [0.3, 0.4) is 0 Å². The minimum atomic E-state index is -0.892. The van der Waals surface area contributed by atoms with Gasteiger partial charge in [0.05, 0.1) is 10.0 Å². The maximum absolute atomic E-state index is 11.3. The summed E-state index contributed by atoms with van der Waals surface area (Å²) in [6.07, 6.45) is 3.77. The van der Waals surface area contributed by atoms with Gasteiger partial charge in [-0.3, -0.25) is 0 Å². The highest BCUT2D eigenvalue weighted by Crippen LogP contribution is 2.28. The molecule has 3 nitrogen and oxygen atoms in total. The lowest BCUT2D eigenvalue weighted by molar-refractivity contribution is 0.102. The van der Waals surface area contributed by atoms with E-state index in [1.807, 2.05) is 69.3 Å². The predicted octanol–water partition coefficient (Wildman–Crippen LogP) is 6.84. The Kier molecular flexibility index (Phi) is 6.74. The Bertz CT molecular complexity index is 793. The first-order valence-corrected chi connectivity index (χ1v) is 9.16. The van der Waals surface area contributed by atoms with Crippen LogP contribution in [0.5, 0.6) is 0 Å². The topological polar surface area (TPSA) is 40.5 Å². The highest BCUT2D eigenvalue weighted by Gasteiger charge is 2.24. The van der Waals surface area contributed by atoms with Crippen LogP contribution in [-0.2, 0) is 0 Å². The van der Waals surface area contributed by atoms with E-state index < -0.39 is 11.6 Å². The Hall–Kier alpha value is -1.97. The van der Waals surface area contributed by atoms with Crippen LogP contribution in [0, 0.1) is 0 Å². The van der Waals surface area contributed by atoms with E-state index in [0.29, 0.717) is 23.0 Å². The summed E-state index contributed by atoms with van der Waals surface area (Å²) in [6, 6.07) is 13.7. The fourth-order valence-corrected chi connectivity index (χ4v) is 2.90. The fourth-order valence-electron chi connectivity index (χ4n) is 2.60. The maximum atomic E-state index is 11.3. The second-order valence-corrected chi connectivity index (χ2v) is 7.86. The van der Waals surface area contributed by atoms with Crippen molar-refractivity contribution in [1.29, 1.82) is 0 Å². The number of carboxylic acid groups (broad SMARTS) is 1. The second-order valence-electron chi connectivity index (χ2n) is 7.05. The Morgan fingerprint density at radius 2 is 1.65 bits per heavy atom. The third kappa shape index (κ3) is 5.52. The highest BCUT2D eigenvalue weighted by atomic mass is 35.5. The Morgan fingerprint density at radius 3 is 2.19 bits per heavy atom. The first kappa shape index (κ1) is 20.3. The molecule has 2 rings (SSSR count). The van der Waals surface area contributed by atoms with Crippen molar-refractivity contribution in [2.75, 3.05) is 6.54 Å². The molecule has 26 heavy (non-hydrogen) atoms. The number of benzene rings is 2. The number of nitrogens with zero attached hydrogens (tertiary/aromatic N) is 1. The molecule has 0 atom stereocenters. The van der Waals surface area contributed by atoms with Crippen molar-refractivity contribution >= 4 is 35.4 Å². The van der Waals surface area contributed by atoms with E-state index in [9.17, 15) is 9.90 Å². The molecule has 0 saturated heterocycles. The molecule has 2 aromatic carbocycles. The number of halogens is 2. The Balaban J connectivity index is 1.99. The summed E-state index contributed by atoms with van der Waals surface area (Å²) in [5.74, 6) is 0. The number of rotatable bonds is 5. The molecule has 0 bridgehead atoms. The van der Waals surface area contributed by atoms with Gasteiger partial charge in [0.25, 0.3) is 0 Å². The van der Waals surface area contributed by atoms with Crippen LogP contribution >= 0.6 is 23.2 Å². The summed E-state index contributed by atoms with van der Waals surface area (Å²) in [6.45, 7) is 6.16. The zero-order valence-corrected chi connectivity index (χ0v) is 16.7. The molecular weight excluding hydrogens is 369 g/mol. The number of hydrogen-bond acceptors (Lipinski definition) is 1. The van der Waals surface area contributed by atoms with Gasteiger partial charge in [0.1, 0.15) is 0 Å². The van der Waals surface area contributed by atoms with Crippen LogP contribution in [0.2, 0.25) is 10.0 Å². The molecular formula is C21H23Cl2NO2. The molecule has 0 spiro atoms. The smallest absolute Gasteiger partial charge is 0.407 e. The molecule has 0 saturated carbocycles. The van der Waals surface area contributed by atoms with E-state index in [0.717, 1.165) is 16.7 Å². The highest BCUT2D eigenvalue weighted by molar-refractivity contribution is 6.42. The van der Waals surface area contributed by atoms with Gasteiger partial charge in [-0.15, -0.1) is 0 Å². The van der Waals surface area contributed by atoms with Gasteiger partial charge in [-0.2, -0.15) is 0 Å². The molecule has 2 aromatic rings. The Labute approximate surface area is 164 Å². The average Bonchev–Trinajstić information content (AvgIpc) is 2.56. The number of hydrogen-bond donors (Lipinski definition) is 1. The zero-order chi connectivity index (χ0) is 19.3. The molecule has 0 aliphatic heterocycles. The molecule has 5 heteroatoms. The van der Waals surface area contributed by atoms with Crippen molar-refractivity contribution in [3.8, 4) is 11.1 Å². The molecule has 138 valence electrons. The monoisotopic (exact) mass is 391 g/mol. The minimum absolute atomic E-state index is 0.402. The standard InChI is InChI=1S/C21H23Cl2NO2/c1-21(2,3)24(20(25)26)13-5-4-6-15-7-9-16(10-8-15)17-11-12-18(22)19(23)14-17/h4,6-12,14H,5,13H2,1-3H3,(H,25,26). The summed E-state index contributed by atoms with van der Waals surface area (Å²) in [7, 11) is 0. The van der Waals surface area contributed by atoms with Crippen molar-refractivity contribution in [3.63, 3.8) is 0 Å². The molecule has 0 aliphatic carbocycles.